The van der Waals surface area contributed by atoms with Crippen LogP contribution in [0.15, 0.2) is 54.6 Å². The molecule has 0 aromatic heterocycles. The lowest BCUT2D eigenvalue weighted by atomic mass is 9.78. The van der Waals surface area contributed by atoms with Gasteiger partial charge in [0.25, 0.3) is 0 Å². The average molecular weight is 493 g/mol. The van der Waals surface area contributed by atoms with Crippen molar-refractivity contribution in [2.24, 2.45) is 23.7 Å². The van der Waals surface area contributed by atoms with E-state index >= 15 is 0 Å². The van der Waals surface area contributed by atoms with Crippen LogP contribution < -0.4 is 14.5 Å². The van der Waals surface area contributed by atoms with Gasteiger partial charge in [0, 0.05) is 23.7 Å². The van der Waals surface area contributed by atoms with E-state index in [2.05, 4.69) is 0 Å². The number of amides is 3. The van der Waals surface area contributed by atoms with Crippen LogP contribution in [-0.4, -0.2) is 30.2 Å². The van der Waals surface area contributed by atoms with E-state index in [1.807, 2.05) is 19.1 Å². The van der Waals surface area contributed by atoms with Crippen LogP contribution >= 0.6 is 11.6 Å². The molecule has 0 spiro atoms. The SMILES string of the molecule is Cc1cc(OC(=O)[C@@H]2CC(=O)N(c3cccc(Cl)c3)C2)ccc1N1C(=O)[C@H]2[C@@H](C)C=CC[C@H]2C1=O. The lowest BCUT2D eigenvalue weighted by Gasteiger charge is -2.22. The predicted octanol–water partition coefficient (Wildman–Crippen LogP) is 4.31. The maximum Gasteiger partial charge on any atom is 0.316 e. The van der Waals surface area contributed by atoms with Crippen molar-refractivity contribution >= 4 is 46.7 Å². The van der Waals surface area contributed by atoms with Gasteiger partial charge in [0.1, 0.15) is 5.75 Å². The Bertz CT molecular complexity index is 1270. The zero-order valence-corrected chi connectivity index (χ0v) is 20.2. The number of aryl methyl sites for hydroxylation is 1. The summed E-state index contributed by atoms with van der Waals surface area (Å²) in [6, 6.07) is 11.8. The predicted molar refractivity (Wildman–Crippen MR) is 131 cm³/mol. The van der Waals surface area contributed by atoms with Crippen LogP contribution in [0.4, 0.5) is 11.4 Å². The molecule has 2 heterocycles. The molecule has 0 saturated carbocycles. The van der Waals surface area contributed by atoms with Gasteiger partial charge in [-0.05, 0) is 61.2 Å². The summed E-state index contributed by atoms with van der Waals surface area (Å²) in [6.45, 7) is 3.94. The molecule has 35 heavy (non-hydrogen) atoms. The van der Waals surface area contributed by atoms with Crippen LogP contribution in [0.5, 0.6) is 5.75 Å². The molecule has 2 aromatic carbocycles. The highest BCUT2D eigenvalue weighted by Gasteiger charge is 2.50. The second-order valence-corrected chi connectivity index (χ2v) is 9.86. The quantitative estimate of drug-likeness (QED) is 0.275. The molecule has 8 heteroatoms. The van der Waals surface area contributed by atoms with Gasteiger partial charge in [-0.3, -0.25) is 19.2 Å². The summed E-state index contributed by atoms with van der Waals surface area (Å²) in [4.78, 5) is 54.2. The van der Waals surface area contributed by atoms with E-state index in [4.69, 9.17) is 16.3 Å². The maximum atomic E-state index is 13.1. The first kappa shape index (κ1) is 23.3. The summed E-state index contributed by atoms with van der Waals surface area (Å²) >= 11 is 6.03. The van der Waals surface area contributed by atoms with Gasteiger partial charge in [-0.2, -0.15) is 0 Å². The van der Waals surface area contributed by atoms with Gasteiger partial charge in [-0.1, -0.05) is 36.7 Å². The van der Waals surface area contributed by atoms with Crippen molar-refractivity contribution in [1.29, 1.82) is 0 Å². The third-order valence-electron chi connectivity index (χ3n) is 7.08. The summed E-state index contributed by atoms with van der Waals surface area (Å²) in [7, 11) is 0. The summed E-state index contributed by atoms with van der Waals surface area (Å²) in [5, 5.41) is 0.511. The van der Waals surface area contributed by atoms with E-state index in [0.717, 1.165) is 0 Å². The van der Waals surface area contributed by atoms with Crippen molar-refractivity contribution in [2.45, 2.75) is 26.7 Å². The Morgan fingerprint density at radius 2 is 1.89 bits per heavy atom. The third kappa shape index (κ3) is 4.14. The number of rotatable bonds is 4. The van der Waals surface area contributed by atoms with Gasteiger partial charge in [-0.15, -0.1) is 0 Å². The smallest absolute Gasteiger partial charge is 0.316 e. The first-order valence-corrected chi connectivity index (χ1v) is 12.0. The molecule has 1 aliphatic carbocycles. The van der Waals surface area contributed by atoms with Gasteiger partial charge in [0.05, 0.1) is 23.4 Å². The van der Waals surface area contributed by atoms with Crippen molar-refractivity contribution < 1.29 is 23.9 Å². The molecule has 2 aliphatic heterocycles. The summed E-state index contributed by atoms with van der Waals surface area (Å²) < 4.78 is 5.58. The third-order valence-corrected chi connectivity index (χ3v) is 7.31. The molecule has 0 unspecified atom stereocenters. The number of hydrogen-bond donors (Lipinski definition) is 0. The number of carbonyl (C=O) groups is 4. The molecule has 0 N–H and O–H groups in total. The molecular formula is C27H25ClN2O5. The highest BCUT2D eigenvalue weighted by Crippen LogP contribution is 2.41. The number of allylic oxidation sites excluding steroid dienone is 2. The van der Waals surface area contributed by atoms with E-state index in [-0.39, 0.29) is 48.4 Å². The number of benzene rings is 2. The van der Waals surface area contributed by atoms with E-state index < -0.39 is 11.9 Å². The monoisotopic (exact) mass is 492 g/mol. The molecule has 2 fully saturated rings. The number of nitrogens with zero attached hydrogens (tertiary/aromatic N) is 2. The van der Waals surface area contributed by atoms with Crippen LogP contribution in [0.25, 0.3) is 0 Å². The molecule has 2 saturated heterocycles. The normalized spacial score (nSPS) is 25.9. The molecule has 3 aliphatic rings. The molecule has 0 radical (unpaired) electrons. The van der Waals surface area contributed by atoms with Crippen molar-refractivity contribution in [3.8, 4) is 5.75 Å². The maximum absolute atomic E-state index is 13.1. The van der Waals surface area contributed by atoms with Crippen molar-refractivity contribution in [3.63, 3.8) is 0 Å². The zero-order valence-electron chi connectivity index (χ0n) is 19.4. The topological polar surface area (TPSA) is 84.0 Å². The van der Waals surface area contributed by atoms with Crippen molar-refractivity contribution in [1.82, 2.24) is 0 Å². The van der Waals surface area contributed by atoms with Crippen LogP contribution in [0.2, 0.25) is 5.02 Å². The fraction of sp³-hybridized carbons (Fsp3) is 0.333. The highest BCUT2D eigenvalue weighted by atomic mass is 35.5. The Labute approximate surface area is 208 Å². The lowest BCUT2D eigenvalue weighted by Crippen LogP contribution is -2.32. The minimum Gasteiger partial charge on any atom is -0.426 e. The molecule has 0 bridgehead atoms. The zero-order chi connectivity index (χ0) is 24.9. The number of imide groups is 1. The van der Waals surface area contributed by atoms with Crippen molar-refractivity contribution in [3.05, 3.63) is 65.2 Å². The standard InChI is InChI=1S/C27H25ClN2O5/c1-15-5-3-8-21-24(15)26(33)30(25(21)32)22-10-9-20(11-16(22)2)35-27(34)17-12-23(31)29(14-17)19-7-4-6-18(28)13-19/h3-7,9-11,13,15,17,21,24H,8,12,14H2,1-2H3/t15-,17+,21+,24-/m0/s1. The van der Waals surface area contributed by atoms with E-state index in [0.29, 0.717) is 34.1 Å². The van der Waals surface area contributed by atoms with Crippen LogP contribution in [0.3, 0.4) is 0 Å². The molecule has 7 nitrogen and oxygen atoms in total. The van der Waals surface area contributed by atoms with Crippen LogP contribution in [0, 0.1) is 30.6 Å². The largest absolute Gasteiger partial charge is 0.426 e. The van der Waals surface area contributed by atoms with Gasteiger partial charge in [0.15, 0.2) is 0 Å². The first-order chi connectivity index (χ1) is 16.7. The summed E-state index contributed by atoms with van der Waals surface area (Å²) in [6.07, 6.45) is 4.58. The second-order valence-electron chi connectivity index (χ2n) is 9.42. The van der Waals surface area contributed by atoms with E-state index in [1.165, 1.54) is 9.80 Å². The minimum atomic E-state index is -0.611. The first-order valence-electron chi connectivity index (χ1n) is 11.7. The lowest BCUT2D eigenvalue weighted by molar-refractivity contribution is -0.139. The van der Waals surface area contributed by atoms with Gasteiger partial charge >= 0.3 is 5.97 Å². The molecule has 4 atom stereocenters. The molecule has 180 valence electrons. The van der Waals surface area contributed by atoms with Crippen molar-refractivity contribution in [2.75, 3.05) is 16.3 Å². The number of anilines is 2. The summed E-state index contributed by atoms with van der Waals surface area (Å²) in [5.74, 6) is -2.02. The number of esters is 1. The Morgan fingerprint density at radius 3 is 2.60 bits per heavy atom. The fourth-order valence-electron chi connectivity index (χ4n) is 5.29. The number of fused-ring (bicyclic) bond motifs is 1. The average Bonchev–Trinajstić information content (AvgIpc) is 3.33. The Balaban J connectivity index is 1.29. The molecular weight excluding hydrogens is 468 g/mol. The minimum absolute atomic E-state index is 0.0105. The molecule has 2 aromatic rings. The van der Waals surface area contributed by atoms with Gasteiger partial charge < -0.3 is 9.64 Å². The van der Waals surface area contributed by atoms with Crippen LogP contribution in [0.1, 0.15) is 25.3 Å². The number of halogens is 1. The Kier molecular flexibility index (Phi) is 5.97. The number of hydrogen-bond acceptors (Lipinski definition) is 5. The number of ether oxygens (including phenoxy) is 1. The van der Waals surface area contributed by atoms with E-state index in [1.54, 1.807) is 49.4 Å². The summed E-state index contributed by atoms with van der Waals surface area (Å²) in [5.41, 5.74) is 1.80. The second kappa shape index (κ2) is 8.96. The highest BCUT2D eigenvalue weighted by molar-refractivity contribution is 6.31. The fourth-order valence-corrected chi connectivity index (χ4v) is 5.47. The van der Waals surface area contributed by atoms with E-state index in [9.17, 15) is 19.2 Å². The number of carbonyl (C=O) groups excluding carboxylic acids is 4. The van der Waals surface area contributed by atoms with Gasteiger partial charge in [0.2, 0.25) is 17.7 Å². The van der Waals surface area contributed by atoms with Gasteiger partial charge in [-0.25, -0.2) is 4.90 Å². The Hall–Kier alpha value is -3.45. The molecule has 3 amide bonds. The Morgan fingerprint density at radius 1 is 1.09 bits per heavy atom. The molecule has 5 rings (SSSR count). The van der Waals surface area contributed by atoms with Crippen LogP contribution in [-0.2, 0) is 19.2 Å².